The molecule has 104 valence electrons. The van der Waals surface area contributed by atoms with Crippen LogP contribution in [0.1, 0.15) is 0 Å². The monoisotopic (exact) mass is 402 g/mol. The highest BCUT2D eigenvalue weighted by Crippen LogP contribution is 2.35. The number of rotatable bonds is 4. The van der Waals surface area contributed by atoms with Crippen LogP contribution < -0.4 is 10.1 Å². The van der Waals surface area contributed by atoms with E-state index in [1.165, 1.54) is 18.3 Å². The number of nitro benzene ring substituents is 1. The van der Waals surface area contributed by atoms with Crippen molar-refractivity contribution in [2.24, 2.45) is 0 Å². The summed E-state index contributed by atoms with van der Waals surface area (Å²) in [4.78, 5) is 18.4. The molecule has 9 heteroatoms. The quantitative estimate of drug-likeness (QED) is 0.617. The van der Waals surface area contributed by atoms with Crippen molar-refractivity contribution in [2.75, 3.05) is 12.4 Å². The molecule has 0 atom stereocenters. The molecule has 1 heterocycles. The predicted molar refractivity (Wildman–Crippen MR) is 80.1 cm³/mol. The van der Waals surface area contributed by atoms with Crippen LogP contribution >= 0.6 is 31.9 Å². The van der Waals surface area contributed by atoms with Crippen molar-refractivity contribution in [3.63, 3.8) is 0 Å². The van der Waals surface area contributed by atoms with Gasteiger partial charge in [-0.15, -0.1) is 0 Å². The number of nitrogens with one attached hydrogen (secondary N) is 1. The molecule has 0 saturated heterocycles. The van der Waals surface area contributed by atoms with Gasteiger partial charge in [0, 0.05) is 13.1 Å². The highest BCUT2D eigenvalue weighted by Gasteiger charge is 2.14. The number of hydrogen-bond acceptors (Lipinski definition) is 6. The fraction of sp³-hybridized carbons (Fsp3) is 0.0909. The predicted octanol–water partition coefficient (Wildman–Crippen LogP) is 3.74. The van der Waals surface area contributed by atoms with E-state index in [2.05, 4.69) is 47.1 Å². The molecular weight excluding hydrogens is 396 g/mol. The van der Waals surface area contributed by atoms with Crippen molar-refractivity contribution < 1.29 is 9.66 Å². The zero-order valence-electron chi connectivity index (χ0n) is 10.1. The number of halogens is 2. The molecule has 0 aliphatic rings. The van der Waals surface area contributed by atoms with E-state index in [0.717, 1.165) is 0 Å². The summed E-state index contributed by atoms with van der Waals surface area (Å²) in [6, 6.07) is 4.24. The Kier molecular flexibility index (Phi) is 4.50. The van der Waals surface area contributed by atoms with Gasteiger partial charge in [-0.2, -0.15) is 4.98 Å². The van der Waals surface area contributed by atoms with E-state index in [1.54, 1.807) is 13.1 Å². The van der Waals surface area contributed by atoms with Crippen LogP contribution in [0.5, 0.6) is 11.6 Å². The molecule has 0 fully saturated rings. The first-order chi connectivity index (χ1) is 9.51. The van der Waals surface area contributed by atoms with Gasteiger partial charge in [-0.05, 0) is 37.9 Å². The van der Waals surface area contributed by atoms with E-state index >= 15 is 0 Å². The molecule has 1 aromatic heterocycles. The molecule has 20 heavy (non-hydrogen) atoms. The van der Waals surface area contributed by atoms with E-state index in [1.807, 2.05) is 0 Å². The smallest absolute Gasteiger partial charge is 0.273 e. The molecule has 0 aliphatic carbocycles. The first kappa shape index (κ1) is 14.7. The highest BCUT2D eigenvalue weighted by molar-refractivity contribution is 9.11. The lowest BCUT2D eigenvalue weighted by Crippen LogP contribution is -1.99. The van der Waals surface area contributed by atoms with Crippen LogP contribution in [0.15, 0.2) is 33.3 Å². The van der Waals surface area contributed by atoms with Gasteiger partial charge in [0.2, 0.25) is 11.8 Å². The fourth-order valence-corrected chi connectivity index (χ4v) is 1.93. The minimum absolute atomic E-state index is 0.0674. The number of non-ortho nitro benzene ring substituents is 1. The lowest BCUT2D eigenvalue weighted by atomic mass is 10.3. The zero-order chi connectivity index (χ0) is 14.7. The minimum atomic E-state index is -0.493. The Hall–Kier alpha value is -1.74. The summed E-state index contributed by atoms with van der Waals surface area (Å²) < 4.78 is 6.70. The molecule has 0 amide bonds. The van der Waals surface area contributed by atoms with Crippen molar-refractivity contribution in [2.45, 2.75) is 0 Å². The lowest BCUT2D eigenvalue weighted by Gasteiger charge is -2.09. The van der Waals surface area contributed by atoms with Gasteiger partial charge in [0.25, 0.3) is 5.69 Å². The van der Waals surface area contributed by atoms with Gasteiger partial charge in [-0.3, -0.25) is 10.1 Å². The third-order valence-electron chi connectivity index (χ3n) is 2.27. The number of hydrogen-bond donors (Lipinski definition) is 1. The Labute approximate surface area is 130 Å². The summed E-state index contributed by atoms with van der Waals surface area (Å²) in [6.45, 7) is 0. The summed E-state index contributed by atoms with van der Waals surface area (Å²) >= 11 is 6.54. The second kappa shape index (κ2) is 6.14. The molecule has 7 nitrogen and oxygen atoms in total. The maximum Gasteiger partial charge on any atom is 0.273 e. The number of aromatic nitrogens is 2. The number of nitrogens with zero attached hydrogens (tertiary/aromatic N) is 3. The molecule has 2 rings (SSSR count). The van der Waals surface area contributed by atoms with Crippen LogP contribution in [0.4, 0.5) is 11.6 Å². The Morgan fingerprint density at radius 1 is 1.35 bits per heavy atom. The molecule has 0 spiro atoms. The van der Waals surface area contributed by atoms with Crippen molar-refractivity contribution in [1.29, 1.82) is 0 Å². The van der Waals surface area contributed by atoms with Crippen LogP contribution in [0, 0.1) is 10.1 Å². The lowest BCUT2D eigenvalue weighted by molar-refractivity contribution is -0.384. The molecule has 1 aromatic carbocycles. The van der Waals surface area contributed by atoms with Crippen LogP contribution in [-0.2, 0) is 0 Å². The first-order valence-corrected chi connectivity index (χ1v) is 6.92. The number of anilines is 1. The van der Waals surface area contributed by atoms with Gasteiger partial charge >= 0.3 is 0 Å². The largest absolute Gasteiger partial charge is 0.436 e. The van der Waals surface area contributed by atoms with Gasteiger partial charge in [0.05, 0.1) is 26.1 Å². The average Bonchev–Trinajstić information content (AvgIpc) is 2.43. The number of benzene rings is 1. The van der Waals surface area contributed by atoms with Gasteiger partial charge in [-0.1, -0.05) is 0 Å². The van der Waals surface area contributed by atoms with Crippen LogP contribution in [0.3, 0.4) is 0 Å². The van der Waals surface area contributed by atoms with E-state index in [-0.39, 0.29) is 11.6 Å². The summed E-state index contributed by atoms with van der Waals surface area (Å²) in [5.41, 5.74) is -0.0674. The molecular formula is C11H8Br2N4O3. The molecule has 1 N–H and O–H groups in total. The van der Waals surface area contributed by atoms with E-state index < -0.39 is 4.92 Å². The normalized spacial score (nSPS) is 10.2. The zero-order valence-corrected chi connectivity index (χ0v) is 13.3. The minimum Gasteiger partial charge on any atom is -0.436 e. The fourth-order valence-electron chi connectivity index (χ4n) is 1.33. The second-order valence-corrected chi connectivity index (χ2v) is 5.28. The maximum atomic E-state index is 10.8. The summed E-state index contributed by atoms with van der Waals surface area (Å²) in [7, 11) is 1.68. The van der Waals surface area contributed by atoms with E-state index in [4.69, 9.17) is 4.74 Å². The molecule has 0 saturated carbocycles. The topological polar surface area (TPSA) is 90.2 Å². The molecule has 0 aliphatic heterocycles. The van der Waals surface area contributed by atoms with Gasteiger partial charge in [0.15, 0.2) is 5.75 Å². The van der Waals surface area contributed by atoms with Crippen molar-refractivity contribution in [1.82, 2.24) is 9.97 Å². The van der Waals surface area contributed by atoms with Crippen molar-refractivity contribution in [3.8, 4) is 11.6 Å². The number of ether oxygens (including phenoxy) is 1. The Morgan fingerprint density at radius 3 is 2.75 bits per heavy atom. The standard InChI is InChI=1S/C11H8Br2N4O3/c1-14-11-15-5-8(13)10(16-11)20-9-4-6(17(18)19)2-3-7(9)12/h2-5H,1H3,(H,14,15,16). The Bertz CT molecular complexity index is 666. The van der Waals surface area contributed by atoms with Gasteiger partial charge in [0.1, 0.15) is 0 Å². The van der Waals surface area contributed by atoms with Crippen LogP contribution in [0.2, 0.25) is 0 Å². The Balaban J connectivity index is 2.38. The van der Waals surface area contributed by atoms with E-state index in [9.17, 15) is 10.1 Å². The summed E-state index contributed by atoms with van der Waals surface area (Å²) in [6.07, 6.45) is 1.53. The summed E-state index contributed by atoms with van der Waals surface area (Å²) in [5, 5.41) is 13.6. The third kappa shape index (κ3) is 3.23. The highest BCUT2D eigenvalue weighted by atomic mass is 79.9. The maximum absolute atomic E-state index is 10.8. The average molecular weight is 404 g/mol. The third-order valence-corrected chi connectivity index (χ3v) is 3.47. The van der Waals surface area contributed by atoms with Crippen molar-refractivity contribution in [3.05, 3.63) is 43.5 Å². The molecule has 0 unspecified atom stereocenters. The van der Waals surface area contributed by atoms with Crippen LogP contribution in [0.25, 0.3) is 0 Å². The Morgan fingerprint density at radius 2 is 2.10 bits per heavy atom. The molecule has 0 radical (unpaired) electrons. The van der Waals surface area contributed by atoms with E-state index in [0.29, 0.717) is 20.6 Å². The summed E-state index contributed by atoms with van der Waals surface area (Å²) in [5.74, 6) is 0.927. The second-order valence-electron chi connectivity index (χ2n) is 3.57. The SMILES string of the molecule is CNc1ncc(Br)c(Oc2cc([N+](=O)[O-])ccc2Br)n1. The van der Waals surface area contributed by atoms with Crippen molar-refractivity contribution >= 4 is 43.5 Å². The van der Waals surface area contributed by atoms with Gasteiger partial charge in [-0.25, -0.2) is 4.98 Å². The number of nitro groups is 1. The van der Waals surface area contributed by atoms with Gasteiger partial charge < -0.3 is 10.1 Å². The van der Waals surface area contributed by atoms with Crippen LogP contribution in [-0.4, -0.2) is 21.9 Å². The molecule has 2 aromatic rings. The molecule has 0 bridgehead atoms. The first-order valence-electron chi connectivity index (χ1n) is 5.33.